The van der Waals surface area contributed by atoms with E-state index in [1.54, 1.807) is 13.2 Å². The Bertz CT molecular complexity index is 857. The molecule has 0 aliphatic carbocycles. The lowest BCUT2D eigenvalue weighted by atomic mass is 10.0. The van der Waals surface area contributed by atoms with Crippen molar-refractivity contribution in [1.29, 1.82) is 0 Å². The van der Waals surface area contributed by atoms with Gasteiger partial charge in [-0.1, -0.05) is 42.5 Å². The van der Waals surface area contributed by atoms with E-state index in [4.69, 9.17) is 14.2 Å². The summed E-state index contributed by atoms with van der Waals surface area (Å²) >= 11 is 0. The van der Waals surface area contributed by atoms with Crippen LogP contribution in [0.15, 0.2) is 54.6 Å². The minimum Gasteiger partial charge on any atom is -0.497 e. The summed E-state index contributed by atoms with van der Waals surface area (Å²) < 4.78 is 16.0. The van der Waals surface area contributed by atoms with Crippen LogP contribution < -0.4 is 10.1 Å². The Morgan fingerprint density at radius 2 is 2.00 bits per heavy atom. The fraction of sp³-hybridized carbons (Fsp3) is 0.304. The highest BCUT2D eigenvalue weighted by Gasteiger charge is 2.18. The van der Waals surface area contributed by atoms with Crippen LogP contribution >= 0.6 is 0 Å². The third kappa shape index (κ3) is 6.19. The molecule has 6 nitrogen and oxygen atoms in total. The number of rotatable bonds is 8. The van der Waals surface area contributed by atoms with Crippen LogP contribution in [0.25, 0.3) is 11.6 Å². The Balaban J connectivity index is 1.67. The summed E-state index contributed by atoms with van der Waals surface area (Å²) in [4.78, 5) is 24.8. The fourth-order valence-corrected chi connectivity index (χ4v) is 3.07. The van der Waals surface area contributed by atoms with Crippen LogP contribution in [-0.2, 0) is 19.1 Å². The molecule has 0 unspecified atom stereocenters. The van der Waals surface area contributed by atoms with Gasteiger partial charge in [0.2, 0.25) is 0 Å². The molecule has 0 radical (unpaired) electrons. The minimum atomic E-state index is -0.564. The summed E-state index contributed by atoms with van der Waals surface area (Å²) in [6, 6.07) is 16.6. The van der Waals surface area contributed by atoms with Crippen molar-refractivity contribution in [2.75, 3.05) is 26.9 Å². The van der Waals surface area contributed by atoms with E-state index in [0.717, 1.165) is 25.0 Å². The SMILES string of the molecule is COc1cccc(/C=C(\C(=O)OCC(=O)NC[C@@H]2CCCO2)c2ccccc2)c1. The van der Waals surface area contributed by atoms with E-state index in [-0.39, 0.29) is 18.6 Å². The number of carbonyl (C=O) groups excluding carboxylic acids is 2. The summed E-state index contributed by atoms with van der Waals surface area (Å²) in [5, 5.41) is 2.75. The van der Waals surface area contributed by atoms with Gasteiger partial charge in [-0.3, -0.25) is 4.79 Å². The highest BCUT2D eigenvalue weighted by Crippen LogP contribution is 2.22. The minimum absolute atomic E-state index is 0.0440. The molecule has 1 atom stereocenters. The normalized spacial score (nSPS) is 16.3. The van der Waals surface area contributed by atoms with Gasteiger partial charge in [-0.15, -0.1) is 0 Å². The third-order valence-corrected chi connectivity index (χ3v) is 4.59. The first-order chi connectivity index (χ1) is 14.2. The van der Waals surface area contributed by atoms with Crippen LogP contribution in [-0.4, -0.2) is 44.8 Å². The van der Waals surface area contributed by atoms with E-state index >= 15 is 0 Å². The van der Waals surface area contributed by atoms with Crippen molar-refractivity contribution in [3.8, 4) is 5.75 Å². The molecule has 152 valence electrons. The van der Waals surface area contributed by atoms with E-state index in [2.05, 4.69) is 5.32 Å². The second-order valence-electron chi connectivity index (χ2n) is 6.72. The number of carbonyl (C=O) groups is 2. The second-order valence-corrected chi connectivity index (χ2v) is 6.72. The Hall–Kier alpha value is -3.12. The molecule has 2 aromatic rings. The molecule has 0 aromatic heterocycles. The number of hydrogen-bond donors (Lipinski definition) is 1. The molecule has 1 saturated heterocycles. The Kier molecular flexibility index (Phi) is 7.41. The maximum absolute atomic E-state index is 12.7. The first-order valence-electron chi connectivity index (χ1n) is 9.62. The third-order valence-electron chi connectivity index (χ3n) is 4.59. The Morgan fingerprint density at radius 1 is 1.17 bits per heavy atom. The highest BCUT2D eigenvalue weighted by molar-refractivity contribution is 6.21. The summed E-state index contributed by atoms with van der Waals surface area (Å²) in [5.41, 5.74) is 1.87. The van der Waals surface area contributed by atoms with E-state index in [1.807, 2.05) is 54.6 Å². The van der Waals surface area contributed by atoms with Gasteiger partial charge in [-0.05, 0) is 42.2 Å². The molecule has 1 amide bonds. The molecular formula is C23H25NO5. The first kappa shape index (κ1) is 20.6. The molecule has 0 bridgehead atoms. The molecule has 3 rings (SSSR count). The van der Waals surface area contributed by atoms with E-state index in [0.29, 0.717) is 23.4 Å². The van der Waals surface area contributed by atoms with Crippen LogP contribution in [0.2, 0.25) is 0 Å². The molecule has 2 aromatic carbocycles. The van der Waals surface area contributed by atoms with Gasteiger partial charge in [0, 0.05) is 13.2 Å². The largest absolute Gasteiger partial charge is 0.497 e. The van der Waals surface area contributed by atoms with Gasteiger partial charge in [0.15, 0.2) is 6.61 Å². The van der Waals surface area contributed by atoms with E-state index in [1.165, 1.54) is 0 Å². The molecule has 1 heterocycles. The monoisotopic (exact) mass is 395 g/mol. The Morgan fingerprint density at radius 3 is 2.72 bits per heavy atom. The van der Waals surface area contributed by atoms with Crippen LogP contribution in [0.4, 0.5) is 0 Å². The van der Waals surface area contributed by atoms with Crippen molar-refractivity contribution < 1.29 is 23.8 Å². The summed E-state index contributed by atoms with van der Waals surface area (Å²) in [5.74, 6) is -0.220. The molecule has 0 saturated carbocycles. The topological polar surface area (TPSA) is 73.9 Å². The summed E-state index contributed by atoms with van der Waals surface area (Å²) in [7, 11) is 1.59. The van der Waals surface area contributed by atoms with Gasteiger partial charge >= 0.3 is 5.97 Å². The molecule has 1 fully saturated rings. The number of esters is 1. The molecule has 6 heteroatoms. The maximum atomic E-state index is 12.7. The van der Waals surface area contributed by atoms with Crippen molar-refractivity contribution in [2.45, 2.75) is 18.9 Å². The number of benzene rings is 2. The average Bonchev–Trinajstić information content (AvgIpc) is 3.29. The zero-order chi connectivity index (χ0) is 20.5. The van der Waals surface area contributed by atoms with Crippen molar-refractivity contribution in [3.05, 3.63) is 65.7 Å². The predicted molar refractivity (Wildman–Crippen MR) is 110 cm³/mol. The van der Waals surface area contributed by atoms with Gasteiger partial charge < -0.3 is 19.5 Å². The zero-order valence-electron chi connectivity index (χ0n) is 16.4. The van der Waals surface area contributed by atoms with E-state index < -0.39 is 5.97 Å². The number of amides is 1. The number of ether oxygens (including phenoxy) is 3. The van der Waals surface area contributed by atoms with Crippen LogP contribution in [0.5, 0.6) is 5.75 Å². The van der Waals surface area contributed by atoms with E-state index in [9.17, 15) is 9.59 Å². The molecule has 1 N–H and O–H groups in total. The smallest absolute Gasteiger partial charge is 0.339 e. The predicted octanol–water partition coefficient (Wildman–Crippen LogP) is 3.07. The quantitative estimate of drug-likeness (QED) is 0.422. The zero-order valence-corrected chi connectivity index (χ0v) is 16.4. The molecule has 29 heavy (non-hydrogen) atoms. The van der Waals surface area contributed by atoms with Crippen LogP contribution in [0.1, 0.15) is 24.0 Å². The Labute approximate surface area is 170 Å². The maximum Gasteiger partial charge on any atom is 0.339 e. The first-order valence-corrected chi connectivity index (χ1v) is 9.62. The lowest BCUT2D eigenvalue weighted by molar-refractivity contribution is -0.143. The second kappa shape index (κ2) is 10.4. The number of nitrogens with one attached hydrogen (secondary N) is 1. The molecule has 1 aliphatic heterocycles. The molecular weight excluding hydrogens is 370 g/mol. The lowest BCUT2D eigenvalue weighted by Gasteiger charge is -2.12. The van der Waals surface area contributed by atoms with Crippen molar-refractivity contribution in [3.63, 3.8) is 0 Å². The van der Waals surface area contributed by atoms with Gasteiger partial charge in [0.05, 0.1) is 18.8 Å². The van der Waals surface area contributed by atoms with Gasteiger partial charge in [0.1, 0.15) is 5.75 Å². The standard InChI is InChI=1S/C23H25NO5/c1-27-19-10-5-7-17(13-19)14-21(18-8-3-2-4-9-18)23(26)29-16-22(25)24-15-20-11-6-12-28-20/h2-5,7-10,13-14,20H,6,11-12,15-16H2,1H3,(H,24,25)/b21-14-/t20-/m0/s1. The average molecular weight is 395 g/mol. The molecule has 1 aliphatic rings. The van der Waals surface area contributed by atoms with Crippen LogP contribution in [0.3, 0.4) is 0 Å². The van der Waals surface area contributed by atoms with Gasteiger partial charge in [-0.2, -0.15) is 0 Å². The highest BCUT2D eigenvalue weighted by atomic mass is 16.5. The summed E-state index contributed by atoms with van der Waals surface area (Å²) in [6.45, 7) is 0.820. The fourth-order valence-electron chi connectivity index (χ4n) is 3.07. The molecule has 0 spiro atoms. The van der Waals surface area contributed by atoms with Crippen molar-refractivity contribution in [2.24, 2.45) is 0 Å². The van der Waals surface area contributed by atoms with Crippen LogP contribution in [0, 0.1) is 0 Å². The van der Waals surface area contributed by atoms with Crippen molar-refractivity contribution in [1.82, 2.24) is 5.32 Å². The van der Waals surface area contributed by atoms with Gasteiger partial charge in [-0.25, -0.2) is 4.79 Å². The van der Waals surface area contributed by atoms with Gasteiger partial charge in [0.25, 0.3) is 5.91 Å². The number of methoxy groups -OCH3 is 1. The van der Waals surface area contributed by atoms with Crippen molar-refractivity contribution >= 4 is 23.5 Å². The lowest BCUT2D eigenvalue weighted by Crippen LogP contribution is -2.34. The number of hydrogen-bond acceptors (Lipinski definition) is 5. The summed E-state index contributed by atoms with van der Waals surface area (Å²) in [6.07, 6.45) is 3.71.